The maximum atomic E-state index is 15.9. The van der Waals surface area contributed by atoms with Crippen LogP contribution >= 0.6 is 0 Å². The number of hydrogen-bond acceptors (Lipinski definition) is 2. The second-order valence-electron chi connectivity index (χ2n) is 7.17. The van der Waals surface area contributed by atoms with Gasteiger partial charge in [-0.05, 0) is 35.7 Å². The minimum absolute atomic E-state index is 0.0697. The Morgan fingerprint density at radius 1 is 0.633 bits per heavy atom. The van der Waals surface area contributed by atoms with Gasteiger partial charge in [-0.25, -0.2) is 4.21 Å². The van der Waals surface area contributed by atoms with E-state index in [1.807, 2.05) is 97.9 Å². The summed E-state index contributed by atoms with van der Waals surface area (Å²) >= 11 is 0. The summed E-state index contributed by atoms with van der Waals surface area (Å²) in [6, 6.07) is 35.0. The molecule has 0 aromatic heterocycles. The van der Waals surface area contributed by atoms with Crippen molar-refractivity contribution in [2.24, 2.45) is 4.36 Å². The van der Waals surface area contributed by atoms with Gasteiger partial charge in [-0.1, -0.05) is 109 Å². The van der Waals surface area contributed by atoms with Crippen LogP contribution in [0, 0.1) is 6.92 Å². The van der Waals surface area contributed by atoms with Crippen LogP contribution in [0.25, 0.3) is 0 Å². The summed E-state index contributed by atoms with van der Waals surface area (Å²) in [7, 11) is -4.20. The van der Waals surface area contributed by atoms with E-state index in [1.165, 1.54) is 0 Å². The average molecular weight is 416 g/mol. The Labute approximate surface area is 177 Å². The third kappa shape index (κ3) is 3.79. The molecule has 0 heterocycles. The fourth-order valence-electron chi connectivity index (χ4n) is 3.63. The van der Waals surface area contributed by atoms with E-state index < -0.39 is 15.7 Å². The van der Waals surface area contributed by atoms with Gasteiger partial charge in [-0.3, -0.25) is 0 Å². The molecule has 0 aliphatic carbocycles. The lowest BCUT2D eigenvalue weighted by atomic mass is 9.78. The summed E-state index contributed by atoms with van der Waals surface area (Å²) in [5.41, 5.74) is 1.95. The molecule has 4 rings (SSSR count). The smallest absolute Gasteiger partial charge is 0.211 e. The Morgan fingerprint density at radius 3 is 1.37 bits per heavy atom. The highest BCUT2D eigenvalue weighted by Gasteiger charge is 2.38. The molecule has 0 aliphatic rings. The molecule has 2 nitrogen and oxygen atoms in total. The topological polar surface area (TPSA) is 29.4 Å². The minimum atomic E-state index is -4.20. The molecule has 0 saturated heterocycles. The van der Waals surface area contributed by atoms with Crippen LogP contribution in [-0.2, 0) is 15.7 Å². The van der Waals surface area contributed by atoms with Gasteiger partial charge in [0, 0.05) is 0 Å². The molecule has 0 radical (unpaired) electrons. The lowest BCUT2D eigenvalue weighted by Gasteiger charge is -2.32. The normalized spacial score (nSPS) is 13.4. The van der Waals surface area contributed by atoms with Crippen molar-refractivity contribution in [3.05, 3.63) is 138 Å². The van der Waals surface area contributed by atoms with Gasteiger partial charge in [0.1, 0.15) is 5.54 Å². The first-order chi connectivity index (χ1) is 14.5. The van der Waals surface area contributed by atoms with Crippen molar-refractivity contribution < 1.29 is 8.09 Å². The van der Waals surface area contributed by atoms with E-state index in [0.717, 1.165) is 22.3 Å². The third-order valence-electron chi connectivity index (χ3n) is 5.14. The summed E-state index contributed by atoms with van der Waals surface area (Å²) < 4.78 is 33.8. The molecule has 150 valence electrons. The predicted molar refractivity (Wildman–Crippen MR) is 120 cm³/mol. The number of nitrogens with zero attached hydrogens (tertiary/aromatic N) is 1. The van der Waals surface area contributed by atoms with Crippen LogP contribution in [0.4, 0.5) is 3.89 Å². The first-order valence-electron chi connectivity index (χ1n) is 9.73. The minimum Gasteiger partial charge on any atom is -0.211 e. The van der Waals surface area contributed by atoms with Crippen LogP contribution in [-0.4, -0.2) is 4.21 Å². The van der Waals surface area contributed by atoms with Gasteiger partial charge < -0.3 is 0 Å². The highest BCUT2D eigenvalue weighted by atomic mass is 32.3. The second kappa shape index (κ2) is 8.25. The van der Waals surface area contributed by atoms with E-state index in [-0.39, 0.29) is 4.90 Å². The molecule has 4 aromatic rings. The van der Waals surface area contributed by atoms with Crippen molar-refractivity contribution in [1.29, 1.82) is 0 Å². The third-order valence-corrected chi connectivity index (χ3v) is 6.50. The van der Waals surface area contributed by atoms with Crippen molar-refractivity contribution in [1.82, 2.24) is 0 Å². The number of aryl methyl sites for hydroxylation is 1. The first-order valence-corrected chi connectivity index (χ1v) is 11.2. The number of halogens is 1. The molecular weight excluding hydrogens is 393 g/mol. The fourth-order valence-corrected chi connectivity index (χ4v) is 4.88. The largest absolute Gasteiger partial charge is 0.232 e. The number of benzene rings is 4. The van der Waals surface area contributed by atoms with Crippen molar-refractivity contribution in [3.8, 4) is 0 Å². The lowest BCUT2D eigenvalue weighted by molar-refractivity contribution is 0.605. The van der Waals surface area contributed by atoms with E-state index in [9.17, 15) is 4.21 Å². The molecular formula is C26H22FNOS. The maximum Gasteiger partial charge on any atom is 0.232 e. The molecule has 0 spiro atoms. The van der Waals surface area contributed by atoms with Gasteiger partial charge in [-0.15, -0.1) is 3.89 Å². The summed E-state index contributed by atoms with van der Waals surface area (Å²) in [4.78, 5) is 0.0697. The Bertz CT molecular complexity index is 1130. The van der Waals surface area contributed by atoms with Crippen LogP contribution in [0.1, 0.15) is 22.3 Å². The average Bonchev–Trinajstić information content (AvgIpc) is 2.79. The summed E-state index contributed by atoms with van der Waals surface area (Å²) in [5.74, 6) is 0. The number of rotatable bonds is 5. The van der Waals surface area contributed by atoms with Gasteiger partial charge >= 0.3 is 0 Å². The monoisotopic (exact) mass is 415 g/mol. The Morgan fingerprint density at radius 2 is 1.00 bits per heavy atom. The quantitative estimate of drug-likeness (QED) is 0.263. The molecule has 1 unspecified atom stereocenters. The van der Waals surface area contributed by atoms with E-state index in [4.69, 9.17) is 0 Å². The molecule has 0 amide bonds. The van der Waals surface area contributed by atoms with Crippen molar-refractivity contribution in [2.45, 2.75) is 17.4 Å². The molecule has 0 saturated carbocycles. The fraction of sp³-hybridized carbons (Fsp3) is 0.0769. The zero-order chi connectivity index (χ0) is 21.0. The standard InChI is InChI=1S/C26H22FNOS/c1-21-17-19-25(20-18-21)30(27,29)28-26(22-11-5-2-6-12-22,23-13-7-3-8-14-23)24-15-9-4-10-16-24/h2-20H,1H3. The van der Waals surface area contributed by atoms with Gasteiger partial charge in [0.05, 0.1) is 4.90 Å². The molecule has 4 heteroatoms. The SMILES string of the molecule is Cc1ccc(S(=O)(F)=NC(c2ccccc2)(c2ccccc2)c2ccccc2)cc1. The van der Waals surface area contributed by atoms with Crippen molar-refractivity contribution in [3.63, 3.8) is 0 Å². The van der Waals surface area contributed by atoms with Crippen molar-refractivity contribution >= 4 is 10.1 Å². The summed E-state index contributed by atoms with van der Waals surface area (Å²) in [5, 5.41) is 0. The van der Waals surface area contributed by atoms with Crippen LogP contribution in [0.5, 0.6) is 0 Å². The highest BCUT2D eigenvalue weighted by Crippen LogP contribution is 2.42. The molecule has 30 heavy (non-hydrogen) atoms. The van der Waals surface area contributed by atoms with Crippen LogP contribution in [0.3, 0.4) is 0 Å². The Hall–Kier alpha value is -3.24. The lowest BCUT2D eigenvalue weighted by Crippen LogP contribution is -2.28. The van der Waals surface area contributed by atoms with Crippen molar-refractivity contribution in [2.75, 3.05) is 0 Å². The first kappa shape index (κ1) is 20.0. The molecule has 0 fully saturated rings. The zero-order valence-electron chi connectivity index (χ0n) is 16.6. The maximum absolute atomic E-state index is 15.9. The molecule has 4 aromatic carbocycles. The predicted octanol–water partition coefficient (Wildman–Crippen LogP) is 6.70. The van der Waals surface area contributed by atoms with Gasteiger partial charge in [0.15, 0.2) is 0 Å². The Balaban J connectivity index is 2.10. The van der Waals surface area contributed by atoms with Crippen LogP contribution < -0.4 is 0 Å². The molecule has 1 atom stereocenters. The van der Waals surface area contributed by atoms with E-state index in [0.29, 0.717) is 0 Å². The zero-order valence-corrected chi connectivity index (χ0v) is 17.4. The molecule has 0 bridgehead atoms. The highest BCUT2D eigenvalue weighted by molar-refractivity contribution is 7.88. The summed E-state index contributed by atoms with van der Waals surface area (Å²) in [6.07, 6.45) is 0. The van der Waals surface area contributed by atoms with Gasteiger partial charge in [0.25, 0.3) is 0 Å². The van der Waals surface area contributed by atoms with E-state index >= 15 is 3.89 Å². The molecule has 0 N–H and O–H groups in total. The van der Waals surface area contributed by atoms with Gasteiger partial charge in [-0.2, -0.15) is 4.36 Å². The molecule has 0 aliphatic heterocycles. The van der Waals surface area contributed by atoms with Crippen LogP contribution in [0.15, 0.2) is 125 Å². The van der Waals surface area contributed by atoms with Gasteiger partial charge in [0.2, 0.25) is 10.1 Å². The Kier molecular flexibility index (Phi) is 5.51. The van der Waals surface area contributed by atoms with E-state index in [1.54, 1.807) is 24.3 Å². The number of hydrogen-bond donors (Lipinski definition) is 0. The van der Waals surface area contributed by atoms with E-state index in [2.05, 4.69) is 4.36 Å². The second-order valence-corrected chi connectivity index (χ2v) is 8.74. The van der Waals surface area contributed by atoms with Crippen LogP contribution in [0.2, 0.25) is 0 Å². The summed E-state index contributed by atoms with van der Waals surface area (Å²) in [6.45, 7) is 1.91.